The Kier molecular flexibility index (Phi) is 6.14. The highest BCUT2D eigenvalue weighted by Gasteiger charge is 2.28. The maximum Gasteiger partial charge on any atom is 0.244 e. The van der Waals surface area contributed by atoms with Crippen molar-refractivity contribution in [3.63, 3.8) is 0 Å². The molecule has 1 N–H and O–H groups in total. The fourth-order valence-electron chi connectivity index (χ4n) is 3.02. The first-order valence-electron chi connectivity index (χ1n) is 8.70. The van der Waals surface area contributed by atoms with Crippen LogP contribution in [0, 0.1) is 5.82 Å². The molecule has 0 bridgehead atoms. The van der Waals surface area contributed by atoms with Crippen LogP contribution in [0.15, 0.2) is 47.4 Å². The molecular formula is C19H20ClFN2O3S. The van der Waals surface area contributed by atoms with E-state index in [9.17, 15) is 17.6 Å². The molecule has 8 heteroatoms. The van der Waals surface area contributed by atoms with Gasteiger partial charge in [0.15, 0.2) is 0 Å². The topological polar surface area (TPSA) is 66.5 Å². The summed E-state index contributed by atoms with van der Waals surface area (Å²) in [4.78, 5) is 12.2. The summed E-state index contributed by atoms with van der Waals surface area (Å²) in [7, 11) is -3.71. The quantitative estimate of drug-likeness (QED) is 0.814. The number of sulfonamides is 1. The summed E-state index contributed by atoms with van der Waals surface area (Å²) in [5, 5.41) is 2.80. The summed E-state index contributed by atoms with van der Waals surface area (Å²) in [6.45, 7) is 0.944. The van der Waals surface area contributed by atoms with Crippen molar-refractivity contribution in [2.24, 2.45) is 0 Å². The third-order valence-electron chi connectivity index (χ3n) is 4.43. The van der Waals surface area contributed by atoms with Gasteiger partial charge in [0.1, 0.15) is 10.7 Å². The molecule has 1 amide bonds. The molecule has 0 aliphatic carbocycles. The van der Waals surface area contributed by atoms with Crippen molar-refractivity contribution in [1.29, 1.82) is 0 Å². The first-order valence-corrected chi connectivity index (χ1v) is 10.5. The van der Waals surface area contributed by atoms with Gasteiger partial charge in [-0.1, -0.05) is 30.2 Å². The van der Waals surface area contributed by atoms with Crippen LogP contribution >= 0.6 is 11.6 Å². The van der Waals surface area contributed by atoms with Gasteiger partial charge in [-0.15, -0.1) is 0 Å². The molecule has 0 atom stereocenters. The van der Waals surface area contributed by atoms with E-state index in [4.69, 9.17) is 11.6 Å². The number of carbonyl (C=O) groups is 1. The lowest BCUT2D eigenvalue weighted by molar-refractivity contribution is -0.115. The number of halogens is 2. The minimum Gasteiger partial charge on any atom is -0.326 e. The van der Waals surface area contributed by atoms with Gasteiger partial charge in [-0.2, -0.15) is 4.31 Å². The number of hydrogen-bond donors (Lipinski definition) is 1. The molecule has 1 aliphatic rings. The van der Waals surface area contributed by atoms with E-state index in [0.717, 1.165) is 19.3 Å². The van der Waals surface area contributed by atoms with Crippen LogP contribution in [0.2, 0.25) is 5.02 Å². The number of benzene rings is 2. The van der Waals surface area contributed by atoms with Gasteiger partial charge in [0, 0.05) is 18.8 Å². The first-order chi connectivity index (χ1) is 12.9. The zero-order valence-electron chi connectivity index (χ0n) is 14.6. The van der Waals surface area contributed by atoms with Gasteiger partial charge in [0.2, 0.25) is 15.9 Å². The third kappa shape index (κ3) is 4.86. The molecule has 0 saturated carbocycles. The average Bonchev–Trinajstić information content (AvgIpc) is 2.66. The summed E-state index contributed by atoms with van der Waals surface area (Å²) < 4.78 is 40.1. The van der Waals surface area contributed by atoms with E-state index in [1.807, 2.05) is 0 Å². The number of nitrogens with one attached hydrogen (secondary N) is 1. The Morgan fingerprint density at radius 1 is 1.07 bits per heavy atom. The molecule has 1 aliphatic heterocycles. The van der Waals surface area contributed by atoms with Crippen LogP contribution in [0.4, 0.5) is 10.1 Å². The van der Waals surface area contributed by atoms with Crippen LogP contribution in [-0.4, -0.2) is 31.7 Å². The van der Waals surface area contributed by atoms with Crippen molar-refractivity contribution in [1.82, 2.24) is 4.31 Å². The Morgan fingerprint density at radius 3 is 2.41 bits per heavy atom. The Morgan fingerprint density at radius 2 is 1.74 bits per heavy atom. The van der Waals surface area contributed by atoms with Gasteiger partial charge >= 0.3 is 0 Å². The van der Waals surface area contributed by atoms with Crippen LogP contribution in [0.5, 0.6) is 0 Å². The Labute approximate surface area is 163 Å². The van der Waals surface area contributed by atoms with Gasteiger partial charge < -0.3 is 5.32 Å². The number of rotatable bonds is 5. The first kappa shape index (κ1) is 19.8. The number of piperidine rings is 1. The minimum absolute atomic E-state index is 0.00866. The highest BCUT2D eigenvalue weighted by Crippen LogP contribution is 2.29. The number of hydrogen-bond acceptors (Lipinski definition) is 3. The second-order valence-corrected chi connectivity index (χ2v) is 8.77. The lowest BCUT2D eigenvalue weighted by Gasteiger charge is -2.26. The fraction of sp³-hybridized carbons (Fsp3) is 0.316. The standard InChI is InChI=1S/C19H20ClFN2O3S/c20-17-9-8-16(22-19(24)12-14-4-6-15(21)7-5-14)13-18(17)27(25,26)23-10-2-1-3-11-23/h4-9,13H,1-3,10-12H2,(H,22,24). The molecule has 1 saturated heterocycles. The van der Waals surface area contributed by atoms with E-state index < -0.39 is 10.0 Å². The maximum absolute atomic E-state index is 12.9. The van der Waals surface area contributed by atoms with E-state index in [2.05, 4.69) is 5.32 Å². The Balaban J connectivity index is 1.76. The minimum atomic E-state index is -3.71. The lowest BCUT2D eigenvalue weighted by Crippen LogP contribution is -2.35. The van der Waals surface area contributed by atoms with Gasteiger partial charge in [-0.3, -0.25) is 4.79 Å². The molecular weight excluding hydrogens is 391 g/mol. The molecule has 5 nitrogen and oxygen atoms in total. The molecule has 2 aromatic carbocycles. The summed E-state index contributed by atoms with van der Waals surface area (Å²) in [5.41, 5.74) is 1.01. The molecule has 0 spiro atoms. The van der Waals surface area contributed by atoms with Crippen molar-refractivity contribution in [3.05, 3.63) is 58.9 Å². The maximum atomic E-state index is 12.9. The molecule has 27 heavy (non-hydrogen) atoms. The van der Waals surface area contributed by atoms with Crippen LogP contribution in [-0.2, 0) is 21.2 Å². The molecule has 1 heterocycles. The van der Waals surface area contributed by atoms with Gasteiger partial charge in [-0.25, -0.2) is 12.8 Å². The molecule has 2 aromatic rings. The second kappa shape index (κ2) is 8.37. The number of carbonyl (C=O) groups excluding carboxylic acids is 1. The fourth-order valence-corrected chi connectivity index (χ4v) is 5.03. The molecule has 0 aromatic heterocycles. The molecule has 1 fully saturated rings. The van der Waals surface area contributed by atoms with Crippen molar-refractivity contribution in [2.45, 2.75) is 30.6 Å². The Hall–Kier alpha value is -1.96. The third-order valence-corrected chi connectivity index (χ3v) is 6.81. The van der Waals surface area contributed by atoms with Gasteiger partial charge in [-0.05, 0) is 48.7 Å². The smallest absolute Gasteiger partial charge is 0.244 e. The van der Waals surface area contributed by atoms with Gasteiger partial charge in [0.25, 0.3) is 0 Å². The van der Waals surface area contributed by atoms with Crippen LogP contribution in [0.25, 0.3) is 0 Å². The van der Waals surface area contributed by atoms with Crippen molar-refractivity contribution in [3.8, 4) is 0 Å². The number of nitrogens with zero attached hydrogens (tertiary/aromatic N) is 1. The van der Waals surface area contributed by atoms with Crippen LogP contribution < -0.4 is 5.32 Å². The van der Waals surface area contributed by atoms with E-state index in [1.54, 1.807) is 6.07 Å². The van der Waals surface area contributed by atoms with Crippen molar-refractivity contribution in [2.75, 3.05) is 18.4 Å². The summed E-state index contributed by atoms with van der Waals surface area (Å²) in [5.74, 6) is -0.699. The SMILES string of the molecule is O=C(Cc1ccc(F)cc1)Nc1ccc(Cl)c(S(=O)(=O)N2CCCCC2)c1. The zero-order chi connectivity index (χ0) is 19.4. The summed E-state index contributed by atoms with van der Waals surface area (Å²) in [6, 6.07) is 10.0. The normalized spacial score (nSPS) is 15.5. The highest BCUT2D eigenvalue weighted by molar-refractivity contribution is 7.89. The summed E-state index contributed by atoms with van der Waals surface area (Å²) in [6.07, 6.45) is 2.71. The van der Waals surface area contributed by atoms with Crippen molar-refractivity contribution >= 4 is 33.2 Å². The van der Waals surface area contributed by atoms with Crippen LogP contribution in [0.3, 0.4) is 0 Å². The predicted octanol–water partition coefficient (Wildman–Crippen LogP) is 3.83. The van der Waals surface area contributed by atoms with E-state index >= 15 is 0 Å². The molecule has 144 valence electrons. The highest BCUT2D eigenvalue weighted by atomic mass is 35.5. The molecule has 3 rings (SSSR count). The summed E-state index contributed by atoms with van der Waals surface area (Å²) >= 11 is 6.13. The largest absolute Gasteiger partial charge is 0.326 e. The second-order valence-electron chi connectivity index (χ2n) is 6.46. The van der Waals surface area contributed by atoms with Crippen molar-refractivity contribution < 1.29 is 17.6 Å². The van der Waals surface area contributed by atoms with E-state index in [0.29, 0.717) is 24.3 Å². The molecule has 0 unspecified atom stereocenters. The number of anilines is 1. The van der Waals surface area contributed by atoms with Gasteiger partial charge in [0.05, 0.1) is 11.4 Å². The number of amides is 1. The van der Waals surface area contributed by atoms with Crippen LogP contribution in [0.1, 0.15) is 24.8 Å². The monoisotopic (exact) mass is 410 g/mol. The van der Waals surface area contributed by atoms with E-state index in [1.165, 1.54) is 40.7 Å². The van der Waals surface area contributed by atoms with E-state index in [-0.39, 0.29) is 28.1 Å². The average molecular weight is 411 g/mol. The lowest BCUT2D eigenvalue weighted by atomic mass is 10.1. The Bertz CT molecular complexity index is 926. The molecule has 0 radical (unpaired) electrons. The zero-order valence-corrected chi connectivity index (χ0v) is 16.2. The predicted molar refractivity (Wildman–Crippen MR) is 103 cm³/mol.